The van der Waals surface area contributed by atoms with E-state index in [1.165, 1.54) is 12.1 Å². The highest BCUT2D eigenvalue weighted by Crippen LogP contribution is 2.37. The number of rotatable bonds is 6. The van der Waals surface area contributed by atoms with Gasteiger partial charge in [0.2, 0.25) is 5.91 Å². The number of carbonyl (C=O) groups is 1. The van der Waals surface area contributed by atoms with Gasteiger partial charge in [-0.05, 0) is 55.5 Å². The van der Waals surface area contributed by atoms with Crippen molar-refractivity contribution in [2.45, 2.75) is 26.2 Å². The second kappa shape index (κ2) is 8.53. The number of hydrogen-bond acceptors (Lipinski definition) is 3. The van der Waals surface area contributed by atoms with E-state index >= 15 is 0 Å². The predicted molar refractivity (Wildman–Crippen MR) is 103 cm³/mol. The van der Waals surface area contributed by atoms with Crippen molar-refractivity contribution in [1.82, 2.24) is 5.32 Å². The highest BCUT2D eigenvalue weighted by atomic mass is 19.1. The van der Waals surface area contributed by atoms with E-state index in [9.17, 15) is 9.18 Å². The number of nitrogens with one attached hydrogen (secondary N) is 1. The Kier molecular flexibility index (Phi) is 6.11. The largest absolute Gasteiger partial charge is 0.496 e. The lowest BCUT2D eigenvalue weighted by Gasteiger charge is -2.36. The van der Waals surface area contributed by atoms with E-state index in [0.29, 0.717) is 50.3 Å². The highest BCUT2D eigenvalue weighted by molar-refractivity contribution is 5.83. The molecule has 3 rings (SSSR count). The summed E-state index contributed by atoms with van der Waals surface area (Å²) in [6, 6.07) is 12.4. The summed E-state index contributed by atoms with van der Waals surface area (Å²) < 4.78 is 24.6. The number of ether oxygens (including phenoxy) is 2. The molecule has 1 aliphatic heterocycles. The minimum Gasteiger partial charge on any atom is -0.496 e. The molecule has 1 heterocycles. The van der Waals surface area contributed by atoms with E-state index in [1.807, 2.05) is 31.2 Å². The molecular formula is C22H26FNO3. The summed E-state index contributed by atoms with van der Waals surface area (Å²) in [6.45, 7) is 3.73. The van der Waals surface area contributed by atoms with E-state index < -0.39 is 5.41 Å². The van der Waals surface area contributed by atoms with Gasteiger partial charge in [-0.2, -0.15) is 0 Å². The highest BCUT2D eigenvalue weighted by Gasteiger charge is 2.39. The Hall–Kier alpha value is -2.40. The van der Waals surface area contributed by atoms with E-state index in [0.717, 1.165) is 11.1 Å². The van der Waals surface area contributed by atoms with Crippen LogP contribution in [-0.4, -0.2) is 32.8 Å². The minimum atomic E-state index is -0.459. The third-order valence-corrected chi connectivity index (χ3v) is 5.21. The van der Waals surface area contributed by atoms with E-state index in [4.69, 9.17) is 9.47 Å². The molecule has 0 unspecified atom stereocenters. The zero-order chi connectivity index (χ0) is 19.3. The number of hydrogen-bond donors (Lipinski definition) is 1. The summed E-state index contributed by atoms with van der Waals surface area (Å²) in [5, 5.41) is 2.98. The summed E-state index contributed by atoms with van der Waals surface area (Å²) in [5.41, 5.74) is 2.17. The van der Waals surface area contributed by atoms with Gasteiger partial charge < -0.3 is 14.8 Å². The van der Waals surface area contributed by atoms with Gasteiger partial charge in [-0.25, -0.2) is 4.39 Å². The monoisotopic (exact) mass is 371 g/mol. The van der Waals surface area contributed by atoms with Crippen LogP contribution in [0.4, 0.5) is 4.39 Å². The van der Waals surface area contributed by atoms with Crippen molar-refractivity contribution >= 4 is 5.91 Å². The SMILES string of the molecule is CCNC(=O)C1(Cc2cccc(-c3cc(F)ccc3OC)c2)CCOCC1. The Labute approximate surface area is 159 Å². The predicted octanol–water partition coefficient (Wildman–Crippen LogP) is 3.98. The van der Waals surface area contributed by atoms with Crippen molar-refractivity contribution < 1.29 is 18.7 Å². The second-order valence-corrected chi connectivity index (χ2v) is 6.97. The first-order valence-corrected chi connectivity index (χ1v) is 9.37. The Morgan fingerprint density at radius 2 is 2.00 bits per heavy atom. The molecule has 1 aliphatic rings. The summed E-state index contributed by atoms with van der Waals surface area (Å²) >= 11 is 0. The fraction of sp³-hybridized carbons (Fsp3) is 0.409. The van der Waals surface area contributed by atoms with Crippen LogP contribution < -0.4 is 10.1 Å². The van der Waals surface area contributed by atoms with Crippen molar-refractivity contribution in [3.05, 3.63) is 53.8 Å². The van der Waals surface area contributed by atoms with Gasteiger partial charge in [0, 0.05) is 25.3 Å². The second-order valence-electron chi connectivity index (χ2n) is 6.97. The summed E-state index contributed by atoms with van der Waals surface area (Å²) in [7, 11) is 1.58. The zero-order valence-corrected chi connectivity index (χ0v) is 15.9. The van der Waals surface area contributed by atoms with Gasteiger partial charge in [-0.1, -0.05) is 24.3 Å². The molecule has 2 aromatic carbocycles. The Bertz CT molecular complexity index is 800. The smallest absolute Gasteiger partial charge is 0.226 e. The van der Waals surface area contributed by atoms with Crippen LogP contribution in [-0.2, 0) is 16.0 Å². The average Bonchev–Trinajstić information content (AvgIpc) is 2.69. The van der Waals surface area contributed by atoms with Gasteiger partial charge in [0.05, 0.1) is 12.5 Å². The topological polar surface area (TPSA) is 47.6 Å². The minimum absolute atomic E-state index is 0.0852. The molecule has 0 aliphatic carbocycles. The lowest BCUT2D eigenvalue weighted by Crippen LogP contribution is -2.46. The first-order chi connectivity index (χ1) is 13.1. The van der Waals surface area contributed by atoms with Gasteiger partial charge in [-0.3, -0.25) is 4.79 Å². The van der Waals surface area contributed by atoms with Crippen LogP contribution in [0.2, 0.25) is 0 Å². The van der Waals surface area contributed by atoms with Crippen LogP contribution in [0.1, 0.15) is 25.3 Å². The maximum Gasteiger partial charge on any atom is 0.226 e. The molecule has 144 valence electrons. The molecule has 1 fully saturated rings. The molecule has 4 nitrogen and oxygen atoms in total. The van der Waals surface area contributed by atoms with Crippen LogP contribution in [0.5, 0.6) is 5.75 Å². The molecule has 5 heteroatoms. The Morgan fingerprint density at radius 3 is 2.70 bits per heavy atom. The van der Waals surface area contributed by atoms with Crippen molar-refractivity contribution in [2.75, 3.05) is 26.9 Å². The van der Waals surface area contributed by atoms with Crippen LogP contribution in [0, 0.1) is 11.2 Å². The van der Waals surface area contributed by atoms with Crippen molar-refractivity contribution in [3.8, 4) is 16.9 Å². The molecule has 0 atom stereocenters. The van der Waals surface area contributed by atoms with Gasteiger partial charge >= 0.3 is 0 Å². The summed E-state index contributed by atoms with van der Waals surface area (Å²) in [6.07, 6.45) is 2.03. The van der Waals surface area contributed by atoms with Crippen molar-refractivity contribution in [3.63, 3.8) is 0 Å². The lowest BCUT2D eigenvalue weighted by atomic mass is 9.74. The van der Waals surface area contributed by atoms with Crippen LogP contribution in [0.3, 0.4) is 0 Å². The molecule has 0 bridgehead atoms. The van der Waals surface area contributed by atoms with Gasteiger partial charge in [0.1, 0.15) is 11.6 Å². The van der Waals surface area contributed by atoms with Gasteiger partial charge in [0.15, 0.2) is 0 Å². The molecule has 1 N–H and O–H groups in total. The first-order valence-electron chi connectivity index (χ1n) is 9.37. The number of methoxy groups -OCH3 is 1. The molecule has 0 radical (unpaired) electrons. The zero-order valence-electron chi connectivity index (χ0n) is 15.9. The maximum absolute atomic E-state index is 13.8. The number of amides is 1. The van der Waals surface area contributed by atoms with Crippen molar-refractivity contribution in [1.29, 1.82) is 0 Å². The van der Waals surface area contributed by atoms with E-state index in [-0.39, 0.29) is 11.7 Å². The van der Waals surface area contributed by atoms with Crippen LogP contribution in [0.15, 0.2) is 42.5 Å². The van der Waals surface area contributed by atoms with Crippen LogP contribution in [0.25, 0.3) is 11.1 Å². The standard InChI is InChI=1S/C22H26FNO3/c1-3-24-21(25)22(9-11-27-12-10-22)15-16-5-4-6-17(13-16)19-14-18(23)7-8-20(19)26-2/h4-8,13-14H,3,9-12,15H2,1-2H3,(H,24,25). The third kappa shape index (κ3) is 4.30. The molecule has 0 saturated carbocycles. The van der Waals surface area contributed by atoms with E-state index in [2.05, 4.69) is 5.32 Å². The first kappa shape index (κ1) is 19.4. The quantitative estimate of drug-likeness (QED) is 0.836. The summed E-state index contributed by atoms with van der Waals surface area (Å²) in [4.78, 5) is 12.8. The van der Waals surface area contributed by atoms with Crippen molar-refractivity contribution in [2.24, 2.45) is 5.41 Å². The molecule has 0 spiro atoms. The maximum atomic E-state index is 13.8. The number of carbonyl (C=O) groups excluding carboxylic acids is 1. The number of benzene rings is 2. The van der Waals surface area contributed by atoms with Crippen LogP contribution >= 0.6 is 0 Å². The molecule has 0 aromatic heterocycles. The normalized spacial score (nSPS) is 16.0. The molecular weight excluding hydrogens is 345 g/mol. The fourth-order valence-electron chi connectivity index (χ4n) is 3.74. The Balaban J connectivity index is 1.93. The third-order valence-electron chi connectivity index (χ3n) is 5.21. The van der Waals surface area contributed by atoms with Gasteiger partial charge in [-0.15, -0.1) is 0 Å². The molecule has 2 aromatic rings. The van der Waals surface area contributed by atoms with E-state index in [1.54, 1.807) is 13.2 Å². The summed E-state index contributed by atoms with van der Waals surface area (Å²) in [5.74, 6) is 0.402. The molecule has 1 amide bonds. The van der Waals surface area contributed by atoms with Gasteiger partial charge in [0.25, 0.3) is 0 Å². The molecule has 1 saturated heterocycles. The lowest BCUT2D eigenvalue weighted by molar-refractivity contribution is -0.136. The fourth-order valence-corrected chi connectivity index (χ4v) is 3.74. The molecule has 27 heavy (non-hydrogen) atoms. The number of halogens is 1. The average molecular weight is 371 g/mol. The Morgan fingerprint density at radius 1 is 1.22 bits per heavy atom.